The summed E-state index contributed by atoms with van der Waals surface area (Å²) in [5.41, 5.74) is 0.815. The molecule has 1 aliphatic rings. The molecule has 1 fully saturated rings. The van der Waals surface area contributed by atoms with Crippen molar-refractivity contribution in [3.8, 4) is 5.75 Å². The van der Waals surface area contributed by atoms with Crippen LogP contribution in [0.15, 0.2) is 18.2 Å². The third kappa shape index (κ3) is 3.43. The van der Waals surface area contributed by atoms with E-state index in [4.69, 9.17) is 0 Å². The average molecular weight is 252 g/mol. The maximum atomic E-state index is 13.2. The minimum atomic E-state index is -0.378. The molecule has 0 bridgehead atoms. The van der Waals surface area contributed by atoms with Gasteiger partial charge in [-0.05, 0) is 51.2 Å². The van der Waals surface area contributed by atoms with Crippen molar-refractivity contribution in [2.75, 3.05) is 27.2 Å². The molecule has 1 unspecified atom stereocenters. The second-order valence-electron chi connectivity index (χ2n) is 5.29. The van der Waals surface area contributed by atoms with Gasteiger partial charge in [-0.25, -0.2) is 4.39 Å². The SMILES string of the molecule is CN(Cc1cc(O)cc(F)c1)CC1CCCN1C. The number of phenols is 1. The van der Waals surface area contributed by atoms with E-state index in [0.29, 0.717) is 12.6 Å². The van der Waals surface area contributed by atoms with Crippen molar-refractivity contribution in [3.63, 3.8) is 0 Å². The van der Waals surface area contributed by atoms with Gasteiger partial charge in [0.15, 0.2) is 0 Å². The van der Waals surface area contributed by atoms with Crippen molar-refractivity contribution in [1.29, 1.82) is 0 Å². The van der Waals surface area contributed by atoms with Crippen LogP contribution in [-0.4, -0.2) is 48.1 Å². The first kappa shape index (κ1) is 13.3. The molecule has 18 heavy (non-hydrogen) atoms. The van der Waals surface area contributed by atoms with E-state index in [1.165, 1.54) is 25.5 Å². The predicted octanol–water partition coefficient (Wildman–Crippen LogP) is 2.06. The first-order valence-corrected chi connectivity index (χ1v) is 6.42. The van der Waals surface area contributed by atoms with Gasteiger partial charge in [0, 0.05) is 25.2 Å². The zero-order valence-corrected chi connectivity index (χ0v) is 11.1. The van der Waals surface area contributed by atoms with Gasteiger partial charge in [0.1, 0.15) is 11.6 Å². The van der Waals surface area contributed by atoms with Crippen LogP contribution < -0.4 is 0 Å². The molecule has 1 N–H and O–H groups in total. The fraction of sp³-hybridized carbons (Fsp3) is 0.571. The monoisotopic (exact) mass is 252 g/mol. The van der Waals surface area contributed by atoms with Crippen LogP contribution in [0.1, 0.15) is 18.4 Å². The van der Waals surface area contributed by atoms with Gasteiger partial charge in [0.2, 0.25) is 0 Å². The van der Waals surface area contributed by atoms with Gasteiger partial charge in [0.05, 0.1) is 0 Å². The van der Waals surface area contributed by atoms with Crippen molar-refractivity contribution in [2.24, 2.45) is 0 Å². The van der Waals surface area contributed by atoms with Gasteiger partial charge in [-0.1, -0.05) is 0 Å². The van der Waals surface area contributed by atoms with Crippen LogP contribution in [0.2, 0.25) is 0 Å². The van der Waals surface area contributed by atoms with Crippen LogP contribution in [0.4, 0.5) is 4.39 Å². The molecule has 0 aromatic heterocycles. The average Bonchev–Trinajstić information content (AvgIpc) is 2.62. The van der Waals surface area contributed by atoms with Gasteiger partial charge in [-0.2, -0.15) is 0 Å². The maximum Gasteiger partial charge on any atom is 0.127 e. The number of halogens is 1. The Kier molecular flexibility index (Phi) is 4.19. The fourth-order valence-electron chi connectivity index (χ4n) is 2.67. The molecule has 0 aliphatic carbocycles. The van der Waals surface area contributed by atoms with Crippen LogP contribution in [0.25, 0.3) is 0 Å². The molecule has 4 heteroatoms. The molecule has 0 saturated carbocycles. The number of aromatic hydroxyl groups is 1. The third-order valence-electron chi connectivity index (χ3n) is 3.59. The van der Waals surface area contributed by atoms with Crippen molar-refractivity contribution in [2.45, 2.75) is 25.4 Å². The van der Waals surface area contributed by atoms with E-state index in [1.54, 1.807) is 6.07 Å². The largest absolute Gasteiger partial charge is 0.508 e. The van der Waals surface area contributed by atoms with Crippen molar-refractivity contribution >= 4 is 0 Å². The normalized spacial score (nSPS) is 20.8. The topological polar surface area (TPSA) is 26.7 Å². The summed E-state index contributed by atoms with van der Waals surface area (Å²) < 4.78 is 13.2. The minimum Gasteiger partial charge on any atom is -0.508 e. The lowest BCUT2D eigenvalue weighted by molar-refractivity contribution is 0.215. The van der Waals surface area contributed by atoms with Crippen molar-refractivity contribution in [1.82, 2.24) is 9.80 Å². The maximum absolute atomic E-state index is 13.2. The number of likely N-dealkylation sites (tertiary alicyclic amines) is 1. The first-order chi connectivity index (χ1) is 8.54. The van der Waals surface area contributed by atoms with Crippen LogP contribution in [-0.2, 0) is 6.54 Å². The number of rotatable bonds is 4. The number of hydrogen-bond donors (Lipinski definition) is 1. The molecule has 1 aromatic carbocycles. The Labute approximate surface area is 108 Å². The molecule has 100 valence electrons. The van der Waals surface area contributed by atoms with Crippen molar-refractivity contribution in [3.05, 3.63) is 29.6 Å². The number of likely N-dealkylation sites (N-methyl/N-ethyl adjacent to an activating group) is 2. The molecule has 1 atom stereocenters. The smallest absolute Gasteiger partial charge is 0.127 e. The molecule has 1 heterocycles. The number of nitrogens with zero attached hydrogens (tertiary/aromatic N) is 2. The van der Waals surface area contributed by atoms with E-state index in [9.17, 15) is 9.50 Å². The van der Waals surface area contributed by atoms with E-state index < -0.39 is 0 Å². The highest BCUT2D eigenvalue weighted by atomic mass is 19.1. The number of benzene rings is 1. The molecule has 3 nitrogen and oxygen atoms in total. The first-order valence-electron chi connectivity index (χ1n) is 6.42. The molecular weight excluding hydrogens is 231 g/mol. The Morgan fingerprint density at radius 2 is 2.22 bits per heavy atom. The lowest BCUT2D eigenvalue weighted by Crippen LogP contribution is -2.36. The lowest BCUT2D eigenvalue weighted by Gasteiger charge is -2.25. The van der Waals surface area contributed by atoms with E-state index in [0.717, 1.165) is 18.2 Å². The standard InChI is InChI=1S/C14H21FN2O/c1-16(10-13-4-3-5-17(13)2)9-11-6-12(15)8-14(18)7-11/h6-8,13,18H,3-5,9-10H2,1-2H3. The second kappa shape index (κ2) is 5.67. The fourth-order valence-corrected chi connectivity index (χ4v) is 2.67. The highest BCUT2D eigenvalue weighted by Crippen LogP contribution is 2.18. The Morgan fingerprint density at radius 1 is 1.44 bits per heavy atom. The Morgan fingerprint density at radius 3 is 2.83 bits per heavy atom. The summed E-state index contributed by atoms with van der Waals surface area (Å²) in [6.45, 7) is 2.81. The Bertz CT molecular complexity index is 391. The van der Waals surface area contributed by atoms with Crippen LogP contribution in [0, 0.1) is 5.82 Å². The second-order valence-corrected chi connectivity index (χ2v) is 5.29. The molecule has 1 aromatic rings. The quantitative estimate of drug-likeness (QED) is 0.888. The van der Waals surface area contributed by atoms with Gasteiger partial charge in [-0.15, -0.1) is 0 Å². The van der Waals surface area contributed by atoms with Gasteiger partial charge >= 0.3 is 0 Å². The van der Waals surface area contributed by atoms with Gasteiger partial charge < -0.3 is 14.9 Å². The predicted molar refractivity (Wildman–Crippen MR) is 70.1 cm³/mol. The molecule has 2 rings (SSSR count). The summed E-state index contributed by atoms with van der Waals surface area (Å²) in [7, 11) is 4.19. The number of hydrogen-bond acceptors (Lipinski definition) is 3. The highest BCUT2D eigenvalue weighted by molar-refractivity contribution is 5.28. The summed E-state index contributed by atoms with van der Waals surface area (Å²) in [5.74, 6) is -0.382. The summed E-state index contributed by atoms with van der Waals surface area (Å²) in [4.78, 5) is 4.56. The third-order valence-corrected chi connectivity index (χ3v) is 3.59. The van der Waals surface area contributed by atoms with Crippen molar-refractivity contribution < 1.29 is 9.50 Å². The summed E-state index contributed by atoms with van der Waals surface area (Å²) >= 11 is 0. The Hall–Kier alpha value is -1.13. The highest BCUT2D eigenvalue weighted by Gasteiger charge is 2.21. The van der Waals surface area contributed by atoms with E-state index in [-0.39, 0.29) is 11.6 Å². The zero-order valence-electron chi connectivity index (χ0n) is 11.1. The molecule has 1 aliphatic heterocycles. The minimum absolute atomic E-state index is 0.00335. The molecular formula is C14H21FN2O. The molecule has 1 saturated heterocycles. The summed E-state index contributed by atoms with van der Waals surface area (Å²) in [5, 5.41) is 9.37. The van der Waals surface area contributed by atoms with E-state index >= 15 is 0 Å². The number of phenolic OH excluding ortho intramolecular Hbond substituents is 1. The lowest BCUT2D eigenvalue weighted by atomic mass is 10.1. The summed E-state index contributed by atoms with van der Waals surface area (Å²) in [6, 6.07) is 4.83. The van der Waals surface area contributed by atoms with Gasteiger partial charge in [-0.3, -0.25) is 0 Å². The van der Waals surface area contributed by atoms with Gasteiger partial charge in [0.25, 0.3) is 0 Å². The molecule has 0 spiro atoms. The summed E-state index contributed by atoms with van der Waals surface area (Å²) in [6.07, 6.45) is 2.49. The van der Waals surface area contributed by atoms with Crippen LogP contribution in [0.3, 0.4) is 0 Å². The van der Waals surface area contributed by atoms with Crippen LogP contribution >= 0.6 is 0 Å². The molecule has 0 radical (unpaired) electrons. The van der Waals surface area contributed by atoms with E-state index in [1.807, 2.05) is 7.05 Å². The zero-order chi connectivity index (χ0) is 13.1. The van der Waals surface area contributed by atoms with Crippen LogP contribution in [0.5, 0.6) is 5.75 Å². The van der Waals surface area contributed by atoms with E-state index in [2.05, 4.69) is 16.8 Å². The Balaban J connectivity index is 1.92. The molecule has 0 amide bonds.